The van der Waals surface area contributed by atoms with Gasteiger partial charge in [0.15, 0.2) is 0 Å². The summed E-state index contributed by atoms with van der Waals surface area (Å²) in [5, 5.41) is 12.7. The predicted octanol–water partition coefficient (Wildman–Crippen LogP) is 5.38. The molecule has 4 rings (SSSR count). The van der Waals surface area contributed by atoms with E-state index in [4.69, 9.17) is 23.2 Å². The van der Waals surface area contributed by atoms with Crippen LogP contribution in [-0.2, 0) is 4.79 Å². The first-order chi connectivity index (χ1) is 13.6. The van der Waals surface area contributed by atoms with E-state index in [0.29, 0.717) is 26.8 Å². The topological polar surface area (TPSA) is 59.8 Å². The molecule has 0 aliphatic carbocycles. The van der Waals surface area contributed by atoms with Gasteiger partial charge in [0.1, 0.15) is 11.0 Å². The zero-order chi connectivity index (χ0) is 19.5. The quantitative estimate of drug-likeness (QED) is 0.461. The number of anilines is 1. The number of hydrogen-bond donors (Lipinski definition) is 1. The van der Waals surface area contributed by atoms with Crippen LogP contribution >= 0.6 is 23.2 Å². The van der Waals surface area contributed by atoms with Gasteiger partial charge in [-0.1, -0.05) is 53.5 Å². The van der Waals surface area contributed by atoms with E-state index in [0.717, 1.165) is 11.3 Å². The Balaban J connectivity index is 1.55. The Morgan fingerprint density at radius 3 is 2.32 bits per heavy atom. The monoisotopic (exact) mass is 408 g/mol. The average molecular weight is 409 g/mol. The molecule has 7 heteroatoms. The maximum atomic E-state index is 12.2. The van der Waals surface area contributed by atoms with Gasteiger partial charge in [-0.25, -0.2) is 0 Å². The van der Waals surface area contributed by atoms with E-state index in [1.165, 1.54) is 10.9 Å². The molecule has 0 bridgehead atoms. The summed E-state index contributed by atoms with van der Waals surface area (Å²) in [5.41, 5.74) is 3.45. The van der Waals surface area contributed by atoms with E-state index in [-0.39, 0.29) is 5.91 Å². The van der Waals surface area contributed by atoms with Crippen LogP contribution in [0.4, 0.5) is 5.69 Å². The minimum Gasteiger partial charge on any atom is -0.321 e. The van der Waals surface area contributed by atoms with Crippen LogP contribution in [0.5, 0.6) is 0 Å². The first-order valence-electron chi connectivity index (χ1n) is 8.45. The van der Waals surface area contributed by atoms with Gasteiger partial charge in [-0.15, -0.1) is 10.2 Å². The summed E-state index contributed by atoms with van der Waals surface area (Å²) in [4.78, 5) is 13.8. The van der Waals surface area contributed by atoms with E-state index in [1.807, 2.05) is 42.5 Å². The summed E-state index contributed by atoms with van der Waals surface area (Å²) in [7, 11) is 0. The van der Waals surface area contributed by atoms with Crippen molar-refractivity contribution in [1.29, 1.82) is 0 Å². The van der Waals surface area contributed by atoms with E-state index in [9.17, 15) is 4.79 Å². The van der Waals surface area contributed by atoms with Crippen molar-refractivity contribution < 1.29 is 4.79 Å². The van der Waals surface area contributed by atoms with Crippen molar-refractivity contribution in [1.82, 2.24) is 15.0 Å². The minimum atomic E-state index is -0.299. The Bertz CT molecular complexity index is 1170. The standard InChI is InChI=1S/C21H14Cl2N4O/c22-15-9-6-14(7-10-15)8-11-21(28)24-18-13-20-19(12-17(18)23)25-27(26-20)16-4-2-1-3-5-16/h1-13H,(H,24,28)/b11-8+. The van der Waals surface area contributed by atoms with Crippen molar-refractivity contribution in [2.75, 3.05) is 5.32 Å². The number of carbonyl (C=O) groups excluding carboxylic acids is 1. The van der Waals surface area contributed by atoms with Crippen molar-refractivity contribution in [3.05, 3.63) is 88.4 Å². The maximum absolute atomic E-state index is 12.2. The molecule has 3 aromatic carbocycles. The highest BCUT2D eigenvalue weighted by Gasteiger charge is 2.10. The smallest absolute Gasteiger partial charge is 0.248 e. The fourth-order valence-electron chi connectivity index (χ4n) is 2.63. The first kappa shape index (κ1) is 18.2. The van der Waals surface area contributed by atoms with E-state index >= 15 is 0 Å². The lowest BCUT2D eigenvalue weighted by Crippen LogP contribution is -2.08. The molecule has 5 nitrogen and oxygen atoms in total. The van der Waals surface area contributed by atoms with Gasteiger partial charge >= 0.3 is 0 Å². The number of carbonyl (C=O) groups is 1. The van der Waals surface area contributed by atoms with Crippen molar-refractivity contribution in [3.63, 3.8) is 0 Å². The molecule has 0 spiro atoms. The van der Waals surface area contributed by atoms with Gasteiger partial charge in [0.05, 0.1) is 16.4 Å². The summed E-state index contributed by atoms with van der Waals surface area (Å²) >= 11 is 12.2. The number of hydrogen-bond acceptors (Lipinski definition) is 3. The Morgan fingerprint density at radius 1 is 0.929 bits per heavy atom. The molecular formula is C21H14Cl2N4O. The zero-order valence-corrected chi connectivity index (χ0v) is 16.0. The van der Waals surface area contributed by atoms with Gasteiger partial charge < -0.3 is 5.32 Å². The summed E-state index contributed by atoms with van der Waals surface area (Å²) < 4.78 is 0. The van der Waals surface area contributed by atoms with Crippen LogP contribution in [0.1, 0.15) is 5.56 Å². The molecule has 1 heterocycles. The summed E-state index contributed by atoms with van der Waals surface area (Å²) in [6.45, 7) is 0. The number of amides is 1. The fourth-order valence-corrected chi connectivity index (χ4v) is 2.96. The van der Waals surface area contributed by atoms with E-state index in [2.05, 4.69) is 15.5 Å². The lowest BCUT2D eigenvalue weighted by atomic mass is 10.2. The van der Waals surface area contributed by atoms with Crippen LogP contribution in [0.2, 0.25) is 10.0 Å². The van der Waals surface area contributed by atoms with Gasteiger partial charge in [0.2, 0.25) is 5.91 Å². The van der Waals surface area contributed by atoms with Crippen LogP contribution in [-0.4, -0.2) is 20.9 Å². The van der Waals surface area contributed by atoms with Crippen molar-refractivity contribution in [2.24, 2.45) is 0 Å². The predicted molar refractivity (Wildman–Crippen MR) is 113 cm³/mol. The molecule has 0 aliphatic heterocycles. The highest BCUT2D eigenvalue weighted by atomic mass is 35.5. The second-order valence-corrected chi connectivity index (χ2v) is 6.86. The van der Waals surface area contributed by atoms with Crippen LogP contribution in [0.15, 0.2) is 72.8 Å². The second-order valence-electron chi connectivity index (χ2n) is 6.02. The second kappa shape index (κ2) is 7.84. The zero-order valence-electron chi connectivity index (χ0n) is 14.5. The molecule has 0 saturated heterocycles. The summed E-state index contributed by atoms with van der Waals surface area (Å²) in [6.07, 6.45) is 3.13. The van der Waals surface area contributed by atoms with Gasteiger partial charge in [-0.3, -0.25) is 4.79 Å². The number of nitrogens with zero attached hydrogens (tertiary/aromatic N) is 3. The Morgan fingerprint density at radius 2 is 1.61 bits per heavy atom. The first-order valence-corrected chi connectivity index (χ1v) is 9.21. The molecule has 1 amide bonds. The fraction of sp³-hybridized carbons (Fsp3) is 0. The molecule has 0 fully saturated rings. The molecule has 138 valence electrons. The van der Waals surface area contributed by atoms with E-state index in [1.54, 1.807) is 30.3 Å². The molecule has 4 aromatic rings. The van der Waals surface area contributed by atoms with Gasteiger partial charge in [-0.05, 0) is 48.0 Å². The van der Waals surface area contributed by atoms with Crippen LogP contribution < -0.4 is 5.32 Å². The molecule has 1 aromatic heterocycles. The number of rotatable bonds is 4. The highest BCUT2D eigenvalue weighted by molar-refractivity contribution is 6.34. The van der Waals surface area contributed by atoms with Gasteiger partial charge in [0, 0.05) is 11.1 Å². The SMILES string of the molecule is O=C(/C=C/c1ccc(Cl)cc1)Nc1cc2nn(-c3ccccc3)nc2cc1Cl. The number of halogens is 2. The van der Waals surface area contributed by atoms with Crippen molar-refractivity contribution in [2.45, 2.75) is 0 Å². The van der Waals surface area contributed by atoms with Gasteiger partial charge in [-0.2, -0.15) is 4.80 Å². The third-order valence-electron chi connectivity index (χ3n) is 4.01. The molecular weight excluding hydrogens is 395 g/mol. The summed E-state index contributed by atoms with van der Waals surface area (Å²) in [6, 6.07) is 20.1. The Labute approximate surface area is 171 Å². The van der Waals surface area contributed by atoms with E-state index < -0.39 is 0 Å². The average Bonchev–Trinajstić information content (AvgIpc) is 3.11. The Kier molecular flexibility index (Phi) is 5.10. The van der Waals surface area contributed by atoms with Crippen LogP contribution in [0.3, 0.4) is 0 Å². The Hall–Kier alpha value is -3.15. The largest absolute Gasteiger partial charge is 0.321 e. The molecule has 1 N–H and O–H groups in total. The maximum Gasteiger partial charge on any atom is 0.248 e. The lowest BCUT2D eigenvalue weighted by molar-refractivity contribution is -0.111. The van der Waals surface area contributed by atoms with Crippen LogP contribution in [0, 0.1) is 0 Å². The number of fused-ring (bicyclic) bond motifs is 1. The third kappa shape index (κ3) is 4.06. The highest BCUT2D eigenvalue weighted by Crippen LogP contribution is 2.27. The molecule has 28 heavy (non-hydrogen) atoms. The molecule has 0 aliphatic rings. The van der Waals surface area contributed by atoms with Crippen molar-refractivity contribution >= 4 is 51.9 Å². The molecule has 0 unspecified atom stereocenters. The molecule has 0 saturated carbocycles. The number of benzene rings is 3. The van der Waals surface area contributed by atoms with Gasteiger partial charge in [0.25, 0.3) is 0 Å². The lowest BCUT2D eigenvalue weighted by Gasteiger charge is -2.04. The normalized spacial score (nSPS) is 11.2. The molecule has 0 radical (unpaired) electrons. The number of para-hydroxylation sites is 1. The third-order valence-corrected chi connectivity index (χ3v) is 4.58. The minimum absolute atomic E-state index is 0.299. The number of aromatic nitrogens is 3. The number of nitrogens with one attached hydrogen (secondary N) is 1. The van der Waals surface area contributed by atoms with Crippen molar-refractivity contribution in [3.8, 4) is 5.69 Å². The summed E-state index contributed by atoms with van der Waals surface area (Å²) in [5.74, 6) is -0.299. The molecule has 0 atom stereocenters. The van der Waals surface area contributed by atoms with Crippen LogP contribution in [0.25, 0.3) is 22.8 Å².